The van der Waals surface area contributed by atoms with E-state index in [1.165, 1.54) is 6.07 Å². The van der Waals surface area contributed by atoms with E-state index in [0.29, 0.717) is 11.6 Å². The quantitative estimate of drug-likeness (QED) is 0.929. The summed E-state index contributed by atoms with van der Waals surface area (Å²) in [6.07, 6.45) is 1.65. The van der Waals surface area contributed by atoms with E-state index in [4.69, 9.17) is 9.84 Å². The monoisotopic (exact) mass is 321 g/mol. The first-order chi connectivity index (χ1) is 8.97. The first-order valence-electron chi connectivity index (χ1n) is 5.61. The minimum Gasteiger partial charge on any atom is -0.478 e. The zero-order valence-corrected chi connectivity index (χ0v) is 12.1. The normalized spacial score (nSPS) is 10.3. The maximum atomic E-state index is 10.9. The van der Waals surface area contributed by atoms with Crippen LogP contribution in [0.3, 0.4) is 0 Å². The Bertz CT molecular complexity index is 641. The SMILES string of the molecule is Cc1cc(Oc2cc(C(=O)O)ccc2C)ncc1Br. The average Bonchev–Trinajstić information content (AvgIpc) is 2.36. The molecule has 0 aliphatic heterocycles. The van der Waals surface area contributed by atoms with Crippen LogP contribution >= 0.6 is 15.9 Å². The van der Waals surface area contributed by atoms with Gasteiger partial charge in [-0.15, -0.1) is 0 Å². The summed E-state index contributed by atoms with van der Waals surface area (Å²) in [4.78, 5) is 15.1. The van der Waals surface area contributed by atoms with Gasteiger partial charge in [-0.05, 0) is 53.0 Å². The van der Waals surface area contributed by atoms with Crippen molar-refractivity contribution in [3.63, 3.8) is 0 Å². The van der Waals surface area contributed by atoms with Crippen molar-refractivity contribution in [2.45, 2.75) is 13.8 Å². The van der Waals surface area contributed by atoms with E-state index in [-0.39, 0.29) is 5.56 Å². The van der Waals surface area contributed by atoms with Gasteiger partial charge in [0, 0.05) is 16.7 Å². The minimum atomic E-state index is -0.982. The Morgan fingerprint density at radius 3 is 2.63 bits per heavy atom. The predicted molar refractivity (Wildman–Crippen MR) is 74.9 cm³/mol. The maximum Gasteiger partial charge on any atom is 0.335 e. The van der Waals surface area contributed by atoms with Gasteiger partial charge >= 0.3 is 5.97 Å². The molecule has 1 aromatic heterocycles. The fraction of sp³-hybridized carbons (Fsp3) is 0.143. The van der Waals surface area contributed by atoms with Crippen molar-refractivity contribution in [3.05, 3.63) is 51.6 Å². The van der Waals surface area contributed by atoms with E-state index in [9.17, 15) is 4.79 Å². The van der Waals surface area contributed by atoms with E-state index in [0.717, 1.165) is 15.6 Å². The molecule has 0 aliphatic carbocycles. The Hall–Kier alpha value is -1.88. The number of pyridine rings is 1. The maximum absolute atomic E-state index is 10.9. The van der Waals surface area contributed by atoms with Gasteiger partial charge in [0.05, 0.1) is 5.56 Å². The minimum absolute atomic E-state index is 0.189. The van der Waals surface area contributed by atoms with Crippen LogP contribution in [-0.4, -0.2) is 16.1 Å². The number of carboxylic acids is 1. The molecule has 0 aliphatic rings. The highest BCUT2D eigenvalue weighted by Crippen LogP contribution is 2.27. The molecule has 0 atom stereocenters. The number of ether oxygens (including phenoxy) is 1. The molecule has 5 heteroatoms. The molecule has 2 aromatic rings. The van der Waals surface area contributed by atoms with Gasteiger partial charge < -0.3 is 9.84 Å². The van der Waals surface area contributed by atoms with Gasteiger partial charge in [-0.1, -0.05) is 6.07 Å². The van der Waals surface area contributed by atoms with Crippen LogP contribution in [0.4, 0.5) is 0 Å². The number of hydrogen-bond donors (Lipinski definition) is 1. The Kier molecular flexibility index (Phi) is 3.85. The molecule has 1 N–H and O–H groups in total. The Morgan fingerprint density at radius 1 is 1.26 bits per heavy atom. The molecule has 0 amide bonds. The molecule has 98 valence electrons. The number of aromatic carboxylic acids is 1. The Labute approximate surface area is 119 Å². The second kappa shape index (κ2) is 5.40. The summed E-state index contributed by atoms with van der Waals surface area (Å²) < 4.78 is 6.54. The fourth-order valence-electron chi connectivity index (χ4n) is 1.53. The zero-order chi connectivity index (χ0) is 14.0. The molecule has 0 spiro atoms. The number of halogens is 1. The second-order valence-corrected chi connectivity index (χ2v) is 5.01. The molecular formula is C14H12BrNO3. The average molecular weight is 322 g/mol. The second-order valence-electron chi connectivity index (χ2n) is 4.16. The van der Waals surface area contributed by atoms with Crippen molar-refractivity contribution in [1.82, 2.24) is 4.98 Å². The first-order valence-corrected chi connectivity index (χ1v) is 6.40. The van der Waals surface area contributed by atoms with Crippen molar-refractivity contribution in [3.8, 4) is 11.6 Å². The summed E-state index contributed by atoms with van der Waals surface area (Å²) >= 11 is 3.36. The summed E-state index contributed by atoms with van der Waals surface area (Å²) in [6.45, 7) is 3.78. The third-order valence-electron chi connectivity index (χ3n) is 2.67. The van der Waals surface area contributed by atoms with Gasteiger partial charge in [-0.2, -0.15) is 0 Å². The summed E-state index contributed by atoms with van der Waals surface area (Å²) in [6, 6.07) is 6.54. The van der Waals surface area contributed by atoms with Crippen molar-refractivity contribution < 1.29 is 14.6 Å². The number of aromatic nitrogens is 1. The zero-order valence-electron chi connectivity index (χ0n) is 10.5. The predicted octanol–water partition coefficient (Wildman–Crippen LogP) is 3.95. The summed E-state index contributed by atoms with van der Waals surface area (Å²) in [7, 11) is 0. The lowest BCUT2D eigenvalue weighted by atomic mass is 10.1. The number of aryl methyl sites for hydroxylation is 2. The largest absolute Gasteiger partial charge is 0.478 e. The van der Waals surface area contributed by atoms with Crippen molar-refractivity contribution in [1.29, 1.82) is 0 Å². The molecule has 0 fully saturated rings. The van der Waals surface area contributed by atoms with E-state index >= 15 is 0 Å². The number of rotatable bonds is 3. The molecule has 0 unspecified atom stereocenters. The summed E-state index contributed by atoms with van der Waals surface area (Å²) in [5.74, 6) is -0.0507. The standard InChI is InChI=1S/C14H12BrNO3/c1-8-3-4-10(14(17)18)6-12(8)19-13-5-9(2)11(15)7-16-13/h3-7H,1-2H3,(H,17,18). The molecule has 0 bridgehead atoms. The third-order valence-corrected chi connectivity index (χ3v) is 3.50. The van der Waals surface area contributed by atoms with Crippen LogP contribution in [0.1, 0.15) is 21.5 Å². The molecule has 1 heterocycles. The van der Waals surface area contributed by atoms with Crippen LogP contribution in [0.2, 0.25) is 0 Å². The molecule has 1 aromatic carbocycles. The van der Waals surface area contributed by atoms with Gasteiger partial charge in [0.1, 0.15) is 5.75 Å². The number of benzene rings is 1. The molecule has 19 heavy (non-hydrogen) atoms. The number of carbonyl (C=O) groups is 1. The van der Waals surface area contributed by atoms with E-state index in [1.807, 2.05) is 13.8 Å². The molecule has 0 radical (unpaired) electrons. The van der Waals surface area contributed by atoms with Crippen LogP contribution in [0, 0.1) is 13.8 Å². The Morgan fingerprint density at radius 2 is 2.00 bits per heavy atom. The van der Waals surface area contributed by atoms with Crippen molar-refractivity contribution in [2.75, 3.05) is 0 Å². The van der Waals surface area contributed by atoms with Crippen LogP contribution in [0.15, 0.2) is 34.9 Å². The van der Waals surface area contributed by atoms with Crippen LogP contribution in [0.5, 0.6) is 11.6 Å². The molecule has 0 saturated heterocycles. The smallest absolute Gasteiger partial charge is 0.335 e. The van der Waals surface area contributed by atoms with Gasteiger partial charge in [-0.3, -0.25) is 0 Å². The highest BCUT2D eigenvalue weighted by atomic mass is 79.9. The van der Waals surface area contributed by atoms with E-state index < -0.39 is 5.97 Å². The van der Waals surface area contributed by atoms with Crippen LogP contribution in [0.25, 0.3) is 0 Å². The van der Waals surface area contributed by atoms with Gasteiger partial charge in [0.2, 0.25) is 5.88 Å². The molecular weight excluding hydrogens is 310 g/mol. The number of nitrogens with zero attached hydrogens (tertiary/aromatic N) is 1. The number of hydrogen-bond acceptors (Lipinski definition) is 3. The third kappa shape index (κ3) is 3.12. The molecule has 0 saturated carbocycles. The number of carboxylic acid groups (broad SMARTS) is 1. The molecule has 2 rings (SSSR count). The highest BCUT2D eigenvalue weighted by molar-refractivity contribution is 9.10. The van der Waals surface area contributed by atoms with Gasteiger partial charge in [0.25, 0.3) is 0 Å². The molecule has 4 nitrogen and oxygen atoms in total. The highest BCUT2D eigenvalue weighted by Gasteiger charge is 2.09. The summed E-state index contributed by atoms with van der Waals surface area (Å²) in [5.41, 5.74) is 2.04. The lowest BCUT2D eigenvalue weighted by Gasteiger charge is -2.09. The van der Waals surface area contributed by atoms with E-state index in [1.54, 1.807) is 24.4 Å². The lowest BCUT2D eigenvalue weighted by molar-refractivity contribution is 0.0696. The van der Waals surface area contributed by atoms with E-state index in [2.05, 4.69) is 20.9 Å². The van der Waals surface area contributed by atoms with Crippen LogP contribution in [-0.2, 0) is 0 Å². The van der Waals surface area contributed by atoms with Gasteiger partial charge in [0.15, 0.2) is 0 Å². The lowest BCUT2D eigenvalue weighted by Crippen LogP contribution is -1.98. The topological polar surface area (TPSA) is 59.4 Å². The fourth-order valence-corrected chi connectivity index (χ4v) is 1.74. The first kappa shape index (κ1) is 13.5. The van der Waals surface area contributed by atoms with Crippen LogP contribution < -0.4 is 4.74 Å². The van der Waals surface area contributed by atoms with Gasteiger partial charge in [-0.25, -0.2) is 9.78 Å². The van der Waals surface area contributed by atoms with Crippen molar-refractivity contribution >= 4 is 21.9 Å². The van der Waals surface area contributed by atoms with Crippen molar-refractivity contribution in [2.24, 2.45) is 0 Å². The Balaban J connectivity index is 2.34. The summed E-state index contributed by atoms with van der Waals surface area (Å²) in [5, 5.41) is 8.97.